The van der Waals surface area contributed by atoms with Gasteiger partial charge in [-0.25, -0.2) is 4.79 Å². The summed E-state index contributed by atoms with van der Waals surface area (Å²) in [5, 5.41) is 8.53. The second-order valence-electron chi connectivity index (χ2n) is 8.03. The summed E-state index contributed by atoms with van der Waals surface area (Å²) >= 11 is 0. The Bertz CT molecular complexity index is 631. The topological polar surface area (TPSA) is 82.7 Å². The standard InChI is InChI=1S/C21H34N4O3/c1-15(2)13-25-9-10-28-19(14-25)12-22-20(26)18-7-5-17(6-8-18)11-23-21(27)24-16(3)4/h5-8,15-16,19H,9-14H2,1-4H3,(H,22,26)(H2,23,24,27). The smallest absolute Gasteiger partial charge is 0.315 e. The average molecular weight is 391 g/mol. The largest absolute Gasteiger partial charge is 0.374 e. The Morgan fingerprint density at radius 1 is 1.14 bits per heavy atom. The molecule has 0 aliphatic carbocycles. The first-order valence-corrected chi connectivity index (χ1v) is 10.1. The maximum absolute atomic E-state index is 12.4. The first kappa shape index (κ1) is 22.2. The summed E-state index contributed by atoms with van der Waals surface area (Å²) in [6, 6.07) is 7.16. The predicted octanol–water partition coefficient (Wildman–Crippen LogP) is 1.98. The summed E-state index contributed by atoms with van der Waals surface area (Å²) < 4.78 is 5.77. The van der Waals surface area contributed by atoms with Gasteiger partial charge < -0.3 is 20.7 Å². The average Bonchev–Trinajstić information content (AvgIpc) is 2.64. The van der Waals surface area contributed by atoms with Crippen molar-refractivity contribution in [1.29, 1.82) is 0 Å². The number of rotatable bonds is 8. The highest BCUT2D eigenvalue weighted by molar-refractivity contribution is 5.94. The van der Waals surface area contributed by atoms with Crippen molar-refractivity contribution in [3.63, 3.8) is 0 Å². The van der Waals surface area contributed by atoms with Crippen LogP contribution in [0.25, 0.3) is 0 Å². The van der Waals surface area contributed by atoms with Gasteiger partial charge in [0, 0.05) is 44.3 Å². The number of ether oxygens (including phenoxy) is 1. The first-order valence-electron chi connectivity index (χ1n) is 10.1. The molecule has 1 aliphatic rings. The quantitative estimate of drug-likeness (QED) is 0.634. The first-order chi connectivity index (χ1) is 13.3. The maximum Gasteiger partial charge on any atom is 0.315 e. The molecule has 1 saturated heterocycles. The van der Waals surface area contributed by atoms with Crippen LogP contribution < -0.4 is 16.0 Å². The molecule has 0 aromatic heterocycles. The van der Waals surface area contributed by atoms with Crippen molar-refractivity contribution in [2.75, 3.05) is 32.8 Å². The SMILES string of the molecule is CC(C)CN1CCOC(CNC(=O)c2ccc(CNC(=O)NC(C)C)cc2)C1. The van der Waals surface area contributed by atoms with Gasteiger partial charge in [0.1, 0.15) is 0 Å². The predicted molar refractivity (Wildman–Crippen MR) is 110 cm³/mol. The molecule has 7 nitrogen and oxygen atoms in total. The lowest BCUT2D eigenvalue weighted by Crippen LogP contribution is -2.48. The molecular weight excluding hydrogens is 356 g/mol. The zero-order valence-electron chi connectivity index (χ0n) is 17.5. The fourth-order valence-corrected chi connectivity index (χ4v) is 3.16. The second-order valence-corrected chi connectivity index (χ2v) is 8.03. The zero-order chi connectivity index (χ0) is 20.5. The van der Waals surface area contributed by atoms with Crippen LogP contribution in [0.3, 0.4) is 0 Å². The molecule has 1 atom stereocenters. The molecule has 0 spiro atoms. The van der Waals surface area contributed by atoms with Gasteiger partial charge in [0.2, 0.25) is 0 Å². The van der Waals surface area contributed by atoms with E-state index in [1.54, 1.807) is 12.1 Å². The summed E-state index contributed by atoms with van der Waals surface area (Å²) in [6.45, 7) is 12.7. The van der Waals surface area contributed by atoms with Crippen molar-refractivity contribution in [3.05, 3.63) is 35.4 Å². The molecule has 1 aromatic carbocycles. The highest BCUT2D eigenvalue weighted by Crippen LogP contribution is 2.08. The van der Waals surface area contributed by atoms with E-state index in [1.807, 2.05) is 26.0 Å². The molecule has 3 N–H and O–H groups in total. The number of carbonyl (C=O) groups excluding carboxylic acids is 2. The molecular formula is C21H34N4O3. The second kappa shape index (κ2) is 11.0. The Morgan fingerprint density at radius 2 is 1.86 bits per heavy atom. The number of hydrogen-bond donors (Lipinski definition) is 3. The van der Waals surface area contributed by atoms with Gasteiger partial charge in [-0.3, -0.25) is 9.69 Å². The lowest BCUT2D eigenvalue weighted by atomic mass is 10.1. The molecule has 0 bridgehead atoms. The van der Waals surface area contributed by atoms with Crippen LogP contribution in [-0.2, 0) is 11.3 Å². The number of carbonyl (C=O) groups is 2. The minimum absolute atomic E-state index is 0.0272. The Kier molecular flexibility index (Phi) is 8.73. The van der Waals surface area contributed by atoms with Gasteiger partial charge in [0.25, 0.3) is 5.91 Å². The van der Waals surface area contributed by atoms with Gasteiger partial charge in [0.15, 0.2) is 0 Å². The van der Waals surface area contributed by atoms with Crippen molar-refractivity contribution >= 4 is 11.9 Å². The summed E-state index contributed by atoms with van der Waals surface area (Å²) in [7, 11) is 0. The van der Waals surface area contributed by atoms with Crippen LogP contribution in [0.15, 0.2) is 24.3 Å². The summed E-state index contributed by atoms with van der Waals surface area (Å²) in [5.41, 5.74) is 1.54. The van der Waals surface area contributed by atoms with Gasteiger partial charge in [-0.2, -0.15) is 0 Å². The molecule has 1 unspecified atom stereocenters. The number of hydrogen-bond acceptors (Lipinski definition) is 4. The minimum Gasteiger partial charge on any atom is -0.374 e. The van der Waals surface area contributed by atoms with E-state index in [0.29, 0.717) is 31.2 Å². The number of nitrogens with zero attached hydrogens (tertiary/aromatic N) is 1. The number of nitrogens with one attached hydrogen (secondary N) is 3. The van der Waals surface area contributed by atoms with E-state index in [2.05, 4.69) is 34.7 Å². The number of morpholine rings is 1. The normalized spacial score (nSPS) is 17.6. The molecule has 156 valence electrons. The van der Waals surface area contributed by atoms with Gasteiger partial charge in [-0.05, 0) is 37.5 Å². The van der Waals surface area contributed by atoms with Crippen LogP contribution in [0, 0.1) is 5.92 Å². The summed E-state index contributed by atoms with van der Waals surface area (Å²) in [6.07, 6.45) is 0.0272. The van der Waals surface area contributed by atoms with E-state index in [4.69, 9.17) is 4.74 Å². The zero-order valence-corrected chi connectivity index (χ0v) is 17.5. The Hall–Kier alpha value is -2.12. The number of benzene rings is 1. The molecule has 1 fully saturated rings. The Labute approximate surface area is 168 Å². The maximum atomic E-state index is 12.4. The molecule has 3 amide bonds. The van der Waals surface area contributed by atoms with Crippen LogP contribution in [0.4, 0.5) is 4.79 Å². The fourth-order valence-electron chi connectivity index (χ4n) is 3.16. The molecule has 1 aromatic rings. The lowest BCUT2D eigenvalue weighted by molar-refractivity contribution is -0.0295. The van der Waals surface area contributed by atoms with E-state index >= 15 is 0 Å². The lowest BCUT2D eigenvalue weighted by Gasteiger charge is -2.33. The van der Waals surface area contributed by atoms with Crippen LogP contribution in [0.5, 0.6) is 0 Å². The van der Waals surface area contributed by atoms with Crippen molar-refractivity contribution < 1.29 is 14.3 Å². The van der Waals surface area contributed by atoms with Crippen LogP contribution in [0.2, 0.25) is 0 Å². The molecule has 0 saturated carbocycles. The monoisotopic (exact) mass is 390 g/mol. The van der Waals surface area contributed by atoms with Crippen LogP contribution in [0.1, 0.15) is 43.6 Å². The third kappa shape index (κ3) is 7.86. The van der Waals surface area contributed by atoms with E-state index in [0.717, 1.165) is 25.2 Å². The van der Waals surface area contributed by atoms with Crippen LogP contribution >= 0.6 is 0 Å². The molecule has 2 rings (SSSR count). The van der Waals surface area contributed by atoms with E-state index < -0.39 is 0 Å². The van der Waals surface area contributed by atoms with E-state index in [-0.39, 0.29) is 24.1 Å². The highest BCUT2D eigenvalue weighted by atomic mass is 16.5. The van der Waals surface area contributed by atoms with Crippen molar-refractivity contribution in [2.45, 2.75) is 46.4 Å². The number of urea groups is 1. The van der Waals surface area contributed by atoms with Gasteiger partial charge >= 0.3 is 6.03 Å². The number of amides is 3. The third-order valence-electron chi connectivity index (χ3n) is 4.43. The van der Waals surface area contributed by atoms with Gasteiger partial charge in [-0.1, -0.05) is 26.0 Å². The fraction of sp³-hybridized carbons (Fsp3) is 0.619. The van der Waals surface area contributed by atoms with Crippen molar-refractivity contribution in [3.8, 4) is 0 Å². The van der Waals surface area contributed by atoms with E-state index in [1.165, 1.54) is 0 Å². The molecule has 0 radical (unpaired) electrons. The molecule has 7 heteroatoms. The van der Waals surface area contributed by atoms with Crippen molar-refractivity contribution in [2.24, 2.45) is 5.92 Å². The van der Waals surface area contributed by atoms with Gasteiger partial charge in [0.05, 0.1) is 12.7 Å². The highest BCUT2D eigenvalue weighted by Gasteiger charge is 2.21. The molecule has 1 heterocycles. The van der Waals surface area contributed by atoms with E-state index in [9.17, 15) is 9.59 Å². The minimum atomic E-state index is -0.198. The summed E-state index contributed by atoms with van der Waals surface area (Å²) in [4.78, 5) is 26.4. The van der Waals surface area contributed by atoms with Gasteiger partial charge in [-0.15, -0.1) is 0 Å². The van der Waals surface area contributed by atoms with Crippen LogP contribution in [-0.4, -0.2) is 61.8 Å². The van der Waals surface area contributed by atoms with Crippen molar-refractivity contribution in [1.82, 2.24) is 20.9 Å². The molecule has 28 heavy (non-hydrogen) atoms. The third-order valence-corrected chi connectivity index (χ3v) is 4.43. The summed E-state index contributed by atoms with van der Waals surface area (Å²) in [5.74, 6) is 0.513. The molecule has 1 aliphatic heterocycles. The Balaban J connectivity index is 1.75. The Morgan fingerprint density at radius 3 is 2.50 bits per heavy atom.